The van der Waals surface area contributed by atoms with E-state index in [1.807, 2.05) is 31.4 Å². The van der Waals surface area contributed by atoms with E-state index >= 15 is 0 Å². The molecule has 0 radical (unpaired) electrons. The van der Waals surface area contributed by atoms with Gasteiger partial charge in [-0.25, -0.2) is 5.01 Å². The average Bonchev–Trinajstić information content (AvgIpc) is 2.39. The lowest BCUT2D eigenvalue weighted by molar-refractivity contribution is -0.116. The Kier molecular flexibility index (Phi) is 3.10. The molecule has 2 aliphatic heterocycles. The molecule has 0 aliphatic carbocycles. The van der Waals surface area contributed by atoms with Gasteiger partial charge in [0.2, 0.25) is 0 Å². The first-order valence-corrected chi connectivity index (χ1v) is 7.73. The number of hydrazone groups is 1. The Balaban J connectivity index is 2.33. The summed E-state index contributed by atoms with van der Waals surface area (Å²) in [6.07, 6.45) is 1.69. The summed E-state index contributed by atoms with van der Waals surface area (Å²) in [4.78, 5) is 16.8. The van der Waals surface area contributed by atoms with E-state index in [2.05, 4.69) is 31.3 Å². The number of thioether (sulfide) groups is 1. The number of fused-ring (bicyclic) bond motifs is 2. The zero-order valence-corrected chi connectivity index (χ0v) is 12.7. The molecule has 1 aromatic rings. The molecule has 0 unspecified atom stereocenters. The van der Waals surface area contributed by atoms with Crippen molar-refractivity contribution in [2.24, 2.45) is 10.1 Å². The second-order valence-electron chi connectivity index (χ2n) is 4.18. The first kappa shape index (κ1) is 12.7. The van der Waals surface area contributed by atoms with Gasteiger partial charge < -0.3 is 0 Å². The number of carbonyl (C=O) groups excluding carboxylic acids is 1. The Bertz CT molecular complexity index is 715. The van der Waals surface area contributed by atoms with E-state index in [0.29, 0.717) is 10.9 Å². The Morgan fingerprint density at radius 2 is 2.26 bits per heavy atom. The molecule has 1 aromatic carbocycles. The summed E-state index contributed by atoms with van der Waals surface area (Å²) in [6.45, 7) is 1.92. The number of hydrogen-bond acceptors (Lipinski definition) is 5. The van der Waals surface area contributed by atoms with Crippen molar-refractivity contribution in [2.45, 2.75) is 13.1 Å². The topological polar surface area (TPSA) is 57.1 Å². The quantitative estimate of drug-likeness (QED) is 0.753. The van der Waals surface area contributed by atoms with Crippen LogP contribution in [0.4, 0.5) is 0 Å². The monoisotopic (exact) mass is 338 g/mol. The van der Waals surface area contributed by atoms with Crippen molar-refractivity contribution in [3.05, 3.63) is 33.2 Å². The van der Waals surface area contributed by atoms with Crippen LogP contribution in [0, 0.1) is 0 Å². The maximum Gasteiger partial charge on any atom is 0.276 e. The summed E-state index contributed by atoms with van der Waals surface area (Å²) in [6, 6.07) is 5.72. The minimum Gasteiger partial charge on any atom is -0.298 e. The molecule has 98 valence electrons. The van der Waals surface area contributed by atoms with Gasteiger partial charge in [-0.15, -0.1) is 5.10 Å². The fourth-order valence-electron chi connectivity index (χ4n) is 2.11. The number of nitrogens with one attached hydrogen (secondary N) is 1. The number of benzene rings is 1. The average molecular weight is 339 g/mol. The third kappa shape index (κ3) is 2.06. The molecule has 1 N–H and O–H groups in total. The van der Waals surface area contributed by atoms with Crippen molar-refractivity contribution in [1.29, 1.82) is 0 Å². The molecule has 2 aliphatic rings. The van der Waals surface area contributed by atoms with Gasteiger partial charge >= 0.3 is 0 Å². The molecule has 19 heavy (non-hydrogen) atoms. The molecule has 7 heteroatoms. The van der Waals surface area contributed by atoms with Gasteiger partial charge in [-0.05, 0) is 31.4 Å². The van der Waals surface area contributed by atoms with E-state index in [-0.39, 0.29) is 12.1 Å². The Hall–Kier alpha value is -1.34. The van der Waals surface area contributed by atoms with Gasteiger partial charge in [0.25, 0.3) is 5.91 Å². The van der Waals surface area contributed by atoms with Gasteiger partial charge in [0.15, 0.2) is 5.17 Å². The summed E-state index contributed by atoms with van der Waals surface area (Å²) in [5.41, 5.74) is 0.552. The third-order valence-electron chi connectivity index (χ3n) is 2.95. The van der Waals surface area contributed by atoms with E-state index in [1.54, 1.807) is 5.01 Å². The predicted octanol–water partition coefficient (Wildman–Crippen LogP) is 0.602. The molecule has 5 nitrogen and oxygen atoms in total. The van der Waals surface area contributed by atoms with Gasteiger partial charge in [0.1, 0.15) is 11.9 Å². The summed E-state index contributed by atoms with van der Waals surface area (Å²) >= 11 is 4.83. The molecule has 0 fully saturated rings. The van der Waals surface area contributed by atoms with Crippen LogP contribution >= 0.6 is 27.7 Å². The predicted molar refractivity (Wildman–Crippen MR) is 78.7 cm³/mol. The fourth-order valence-corrected chi connectivity index (χ4v) is 2.83. The molecular formula is C12H11BrN4OS. The number of halogens is 1. The highest BCUT2D eigenvalue weighted by Gasteiger charge is 2.31. The van der Waals surface area contributed by atoms with Gasteiger partial charge in [-0.1, -0.05) is 27.7 Å². The Labute approximate surface area is 122 Å². The van der Waals surface area contributed by atoms with Crippen molar-refractivity contribution < 1.29 is 4.79 Å². The number of amidine groups is 1. The fraction of sp³-hybridized carbons (Fsp3) is 0.250. The Morgan fingerprint density at radius 1 is 1.47 bits per heavy atom. The summed E-state index contributed by atoms with van der Waals surface area (Å²) < 4.78 is 0.913. The second kappa shape index (κ2) is 4.64. The lowest BCUT2D eigenvalue weighted by atomic mass is 10.2. The van der Waals surface area contributed by atoms with E-state index in [4.69, 9.17) is 0 Å². The molecule has 1 atom stereocenters. The standard InChI is InChI=1S/C12H11BrN4OS/c1-6-14-9-4-3-7(13)5-8(9)10-11(18)15-12(19-2)16-17(6)10/h3-6H,1-2H3,(H,15,16,18)/t6-/m0/s1. The van der Waals surface area contributed by atoms with Crippen molar-refractivity contribution in [3.8, 4) is 0 Å². The van der Waals surface area contributed by atoms with Crippen molar-refractivity contribution in [1.82, 2.24) is 10.3 Å². The van der Waals surface area contributed by atoms with Crippen molar-refractivity contribution >= 4 is 44.5 Å². The molecule has 1 amide bonds. The van der Waals surface area contributed by atoms with Crippen molar-refractivity contribution in [3.63, 3.8) is 0 Å². The van der Waals surface area contributed by atoms with Crippen molar-refractivity contribution in [2.75, 3.05) is 6.26 Å². The minimum absolute atomic E-state index is 0.138. The van der Waals surface area contributed by atoms with Crippen LogP contribution in [0.3, 0.4) is 0 Å². The smallest absolute Gasteiger partial charge is 0.276 e. The zero-order chi connectivity index (χ0) is 13.6. The number of amides is 1. The minimum atomic E-state index is -0.183. The van der Waals surface area contributed by atoms with E-state index in [9.17, 15) is 4.79 Å². The molecular weight excluding hydrogens is 328 g/mol. The van der Waals surface area contributed by atoms with Crippen LogP contribution in [0.25, 0.3) is 5.70 Å². The maximum atomic E-state index is 12.3. The first-order valence-electron chi connectivity index (χ1n) is 5.71. The van der Waals surface area contributed by atoms with E-state index < -0.39 is 0 Å². The van der Waals surface area contributed by atoms with Gasteiger partial charge in [-0.3, -0.25) is 15.1 Å². The largest absolute Gasteiger partial charge is 0.298 e. The number of rotatable bonds is 0. The molecule has 0 saturated heterocycles. The van der Waals surface area contributed by atoms with E-state index in [0.717, 1.165) is 15.0 Å². The Morgan fingerprint density at radius 3 is 3.00 bits per heavy atom. The lowest BCUT2D eigenvalue weighted by Crippen LogP contribution is -2.51. The van der Waals surface area contributed by atoms with Crippen LogP contribution in [-0.4, -0.2) is 28.5 Å². The second-order valence-corrected chi connectivity index (χ2v) is 5.89. The normalized spacial score (nSPS) is 21.1. The van der Waals surface area contributed by atoms with Crippen LogP contribution in [0.15, 0.2) is 32.8 Å². The van der Waals surface area contributed by atoms with Gasteiger partial charge in [0.05, 0.1) is 5.36 Å². The first-order chi connectivity index (χ1) is 9.10. The molecule has 0 spiro atoms. The van der Waals surface area contributed by atoms with Gasteiger partial charge in [0, 0.05) is 9.69 Å². The van der Waals surface area contributed by atoms with Gasteiger partial charge in [-0.2, -0.15) is 0 Å². The highest BCUT2D eigenvalue weighted by atomic mass is 79.9. The molecule has 2 heterocycles. The molecule has 0 saturated carbocycles. The van der Waals surface area contributed by atoms with Crippen LogP contribution in [0.5, 0.6) is 0 Å². The SMILES string of the molecule is CSC1=NN2C(=c3cc(Br)ccc3=N[C@@H]2C)C(=O)N1. The lowest BCUT2D eigenvalue weighted by Gasteiger charge is -2.31. The molecule has 0 bridgehead atoms. The van der Waals surface area contributed by atoms with Crippen LogP contribution < -0.4 is 15.9 Å². The van der Waals surface area contributed by atoms with E-state index in [1.165, 1.54) is 11.8 Å². The zero-order valence-electron chi connectivity index (χ0n) is 10.3. The highest BCUT2D eigenvalue weighted by Crippen LogP contribution is 2.19. The molecule has 3 rings (SSSR count). The highest BCUT2D eigenvalue weighted by molar-refractivity contribution is 9.10. The maximum absolute atomic E-state index is 12.3. The number of nitrogens with zero attached hydrogens (tertiary/aromatic N) is 3. The summed E-state index contributed by atoms with van der Waals surface area (Å²) in [7, 11) is 0. The summed E-state index contributed by atoms with van der Waals surface area (Å²) in [5.74, 6) is -0.138. The summed E-state index contributed by atoms with van der Waals surface area (Å²) in [5, 5.41) is 11.1. The number of carbonyl (C=O) groups is 1. The number of hydrogen-bond donors (Lipinski definition) is 1. The van der Waals surface area contributed by atoms with Crippen LogP contribution in [0.2, 0.25) is 0 Å². The molecule has 0 aromatic heterocycles. The third-order valence-corrected chi connectivity index (χ3v) is 4.01. The van der Waals surface area contributed by atoms with Crippen LogP contribution in [0.1, 0.15) is 6.92 Å². The van der Waals surface area contributed by atoms with Crippen LogP contribution in [-0.2, 0) is 4.79 Å².